The van der Waals surface area contributed by atoms with Gasteiger partial charge in [0.2, 0.25) is 10.0 Å². The van der Waals surface area contributed by atoms with Gasteiger partial charge in [-0.2, -0.15) is 4.72 Å². The molecule has 4 N–H and O–H groups in total. The number of fused-ring (bicyclic) bond motifs is 1. The van der Waals surface area contributed by atoms with Crippen molar-refractivity contribution in [3.8, 4) is 11.5 Å². The van der Waals surface area contributed by atoms with E-state index < -0.39 is 20.8 Å². The first-order valence-electron chi connectivity index (χ1n) is 7.85. The average molecular weight is 399 g/mol. The van der Waals surface area contributed by atoms with Crippen molar-refractivity contribution in [1.29, 1.82) is 0 Å². The molecule has 0 radical (unpaired) electrons. The lowest BCUT2D eigenvalue weighted by Crippen LogP contribution is -2.40. The molecule has 2 aromatic rings. The molecule has 8 nitrogen and oxygen atoms in total. The van der Waals surface area contributed by atoms with E-state index in [9.17, 15) is 17.5 Å². The first-order chi connectivity index (χ1) is 12.2. The summed E-state index contributed by atoms with van der Waals surface area (Å²) in [6.07, 6.45) is 1.07. The first-order valence-corrected chi connectivity index (χ1v) is 11.3. The molecule has 10 heteroatoms. The van der Waals surface area contributed by atoms with Crippen molar-refractivity contribution in [2.75, 3.05) is 29.1 Å². The number of benzene rings is 2. The predicted molar refractivity (Wildman–Crippen MR) is 104 cm³/mol. The number of anilines is 2. The van der Waals surface area contributed by atoms with Gasteiger partial charge in [-0.3, -0.25) is 13.8 Å². The van der Waals surface area contributed by atoms with Gasteiger partial charge < -0.3 is 9.64 Å². The Morgan fingerprint density at radius 3 is 2.65 bits per heavy atom. The Morgan fingerprint density at radius 2 is 1.96 bits per heavy atom. The van der Waals surface area contributed by atoms with Crippen LogP contribution in [-0.4, -0.2) is 37.0 Å². The highest BCUT2D eigenvalue weighted by atomic mass is 32.3. The summed E-state index contributed by atoms with van der Waals surface area (Å²) in [6, 6.07) is 11.6. The smallest absolute Gasteiger partial charge is 0.229 e. The Bertz CT molecular complexity index is 918. The van der Waals surface area contributed by atoms with E-state index in [1.165, 1.54) is 0 Å². The first kappa shape index (κ1) is 18.8. The van der Waals surface area contributed by atoms with E-state index >= 15 is 0 Å². The zero-order valence-corrected chi connectivity index (χ0v) is 16.0. The van der Waals surface area contributed by atoms with Crippen molar-refractivity contribution in [2.24, 2.45) is 0 Å². The van der Waals surface area contributed by atoms with E-state index in [1.807, 2.05) is 11.8 Å². The van der Waals surface area contributed by atoms with Gasteiger partial charge in [0.15, 0.2) is 0 Å². The monoisotopic (exact) mass is 399 g/mol. The second-order valence-electron chi connectivity index (χ2n) is 5.84. The van der Waals surface area contributed by atoms with E-state index in [2.05, 4.69) is 9.44 Å². The van der Waals surface area contributed by atoms with Crippen molar-refractivity contribution in [3.63, 3.8) is 0 Å². The minimum atomic E-state index is -3.39. The second-order valence-corrected chi connectivity index (χ2v) is 9.42. The number of nitrogens with zero attached hydrogens (tertiary/aromatic N) is 1. The van der Waals surface area contributed by atoms with Crippen LogP contribution in [0.1, 0.15) is 6.92 Å². The number of rotatable bonds is 5. The largest absolute Gasteiger partial charge is 0.457 e. The molecule has 0 saturated carbocycles. The molecule has 26 heavy (non-hydrogen) atoms. The quantitative estimate of drug-likeness (QED) is 0.611. The third-order valence-electron chi connectivity index (χ3n) is 3.79. The van der Waals surface area contributed by atoms with Gasteiger partial charge in [-0.1, -0.05) is 6.07 Å². The fourth-order valence-corrected chi connectivity index (χ4v) is 4.45. The van der Waals surface area contributed by atoms with Crippen LogP contribution in [0.3, 0.4) is 0 Å². The summed E-state index contributed by atoms with van der Waals surface area (Å²) in [7, 11) is -6.48. The lowest BCUT2D eigenvalue weighted by Gasteiger charge is -2.43. The summed E-state index contributed by atoms with van der Waals surface area (Å²) in [5.74, 6) is 0.839. The number of nitrogens with one attached hydrogen (secondary N) is 2. The van der Waals surface area contributed by atoms with E-state index in [1.54, 1.807) is 42.5 Å². The van der Waals surface area contributed by atoms with E-state index in [0.717, 1.165) is 18.5 Å². The van der Waals surface area contributed by atoms with Crippen LogP contribution in [0.4, 0.5) is 11.4 Å². The van der Waals surface area contributed by atoms with Crippen LogP contribution in [0, 0.1) is 0 Å². The highest BCUT2D eigenvalue weighted by Crippen LogP contribution is 2.52. The minimum Gasteiger partial charge on any atom is -0.457 e. The van der Waals surface area contributed by atoms with Gasteiger partial charge in [-0.15, -0.1) is 10.8 Å². The molecular formula is C16H21N3O5S2. The molecule has 1 heterocycles. The second kappa shape index (κ2) is 6.97. The number of ether oxygens (including phenoxy) is 1. The Morgan fingerprint density at radius 1 is 1.23 bits per heavy atom. The molecule has 142 valence electrons. The molecule has 0 aromatic heterocycles. The molecule has 1 aliphatic rings. The molecule has 0 unspecified atom stereocenters. The van der Waals surface area contributed by atoms with Gasteiger partial charge in [0, 0.05) is 18.7 Å². The molecule has 1 aliphatic heterocycles. The van der Waals surface area contributed by atoms with Gasteiger partial charge >= 0.3 is 0 Å². The van der Waals surface area contributed by atoms with Crippen LogP contribution in [0.15, 0.2) is 47.4 Å². The molecule has 0 atom stereocenters. The summed E-state index contributed by atoms with van der Waals surface area (Å²) in [5, 5.41) is 0. The molecule has 0 saturated heterocycles. The van der Waals surface area contributed by atoms with Crippen molar-refractivity contribution in [1.82, 2.24) is 4.72 Å². The van der Waals surface area contributed by atoms with Crippen molar-refractivity contribution < 1.29 is 22.3 Å². The fraction of sp³-hybridized carbons (Fsp3) is 0.250. The van der Waals surface area contributed by atoms with E-state index in [0.29, 0.717) is 28.8 Å². The summed E-state index contributed by atoms with van der Waals surface area (Å²) >= 11 is 0. The van der Waals surface area contributed by atoms with Crippen LogP contribution in [-0.2, 0) is 10.0 Å². The molecular weight excluding hydrogens is 378 g/mol. The van der Waals surface area contributed by atoms with Gasteiger partial charge in [-0.05, 0) is 31.2 Å². The minimum absolute atomic E-state index is 0.352. The summed E-state index contributed by atoms with van der Waals surface area (Å²) in [5.41, 5.74) is 1.12. The van der Waals surface area contributed by atoms with Crippen LogP contribution >= 0.6 is 10.8 Å². The number of sulfonamides is 1. The maximum Gasteiger partial charge on any atom is 0.229 e. The highest BCUT2D eigenvalue weighted by Gasteiger charge is 2.28. The summed E-state index contributed by atoms with van der Waals surface area (Å²) in [6.45, 7) is 3.05. The van der Waals surface area contributed by atoms with Crippen molar-refractivity contribution in [2.45, 2.75) is 11.8 Å². The Kier molecular flexibility index (Phi) is 5.04. The van der Waals surface area contributed by atoms with Gasteiger partial charge in [-0.25, -0.2) is 8.42 Å². The molecule has 0 fully saturated rings. The molecule has 0 spiro atoms. The number of hydrogen-bond donors (Lipinski definition) is 4. The third-order valence-corrected chi connectivity index (χ3v) is 5.87. The zero-order chi connectivity index (χ0) is 18.9. The molecule has 0 amide bonds. The van der Waals surface area contributed by atoms with Crippen molar-refractivity contribution >= 4 is 32.2 Å². The molecule has 3 rings (SSSR count). The van der Waals surface area contributed by atoms with Crippen LogP contribution in [0.2, 0.25) is 0 Å². The van der Waals surface area contributed by atoms with Crippen LogP contribution in [0.5, 0.6) is 11.5 Å². The topological polar surface area (TPSA) is 111 Å². The van der Waals surface area contributed by atoms with Crippen LogP contribution in [0.25, 0.3) is 0 Å². The molecule has 0 bridgehead atoms. The predicted octanol–water partition coefficient (Wildman–Crippen LogP) is 3.26. The zero-order valence-electron chi connectivity index (χ0n) is 14.3. The Balaban J connectivity index is 1.89. The normalized spacial score (nSPS) is 17.3. The average Bonchev–Trinajstić information content (AvgIpc) is 2.54. The lowest BCUT2D eigenvalue weighted by molar-refractivity contribution is 0.456. The standard InChI is InChI=1S/C16H21N3O5S2/c1-3-19-11-17-26(22,23)16-10-14(7-8-15(16)19)24-13-6-4-5-12(9-13)18-25(2,20)21/h4-10,17-18,22-23H,3,11H2,1-2H3. The SMILES string of the molecule is CCN1CNS(O)(O)c2cc(Oc3cccc(NS(C)(=O)=O)c3)ccc21. The summed E-state index contributed by atoms with van der Waals surface area (Å²) < 4.78 is 54.1. The summed E-state index contributed by atoms with van der Waals surface area (Å²) in [4.78, 5) is 2.35. The van der Waals surface area contributed by atoms with Gasteiger partial charge in [0.1, 0.15) is 16.4 Å². The maximum absolute atomic E-state index is 11.3. The van der Waals surface area contributed by atoms with Crippen molar-refractivity contribution in [3.05, 3.63) is 42.5 Å². The fourth-order valence-electron chi connectivity index (χ4n) is 2.63. The van der Waals surface area contributed by atoms with Gasteiger partial charge in [0.25, 0.3) is 0 Å². The third kappa shape index (κ3) is 4.22. The number of hydrogen-bond acceptors (Lipinski definition) is 7. The molecule has 0 aliphatic carbocycles. The van der Waals surface area contributed by atoms with Gasteiger partial charge in [0.05, 0.1) is 24.3 Å². The van der Waals surface area contributed by atoms with E-state index in [4.69, 9.17) is 4.74 Å². The highest BCUT2D eigenvalue weighted by molar-refractivity contribution is 8.22. The molecule has 2 aromatic carbocycles. The van der Waals surface area contributed by atoms with Crippen LogP contribution < -0.4 is 19.1 Å². The van der Waals surface area contributed by atoms with E-state index in [-0.39, 0.29) is 0 Å². The Labute approximate surface area is 154 Å². The maximum atomic E-state index is 11.3. The Hall–Kier alpha value is -1.98. The lowest BCUT2D eigenvalue weighted by atomic mass is 10.2.